The van der Waals surface area contributed by atoms with Crippen LogP contribution in [0.1, 0.15) is 28.9 Å². The number of nitrogens with two attached hydrogens (primary N) is 1. The Labute approximate surface area is 196 Å². The minimum absolute atomic E-state index is 0.211. The van der Waals surface area contributed by atoms with Gasteiger partial charge in [0.15, 0.2) is 0 Å². The van der Waals surface area contributed by atoms with Crippen molar-refractivity contribution in [1.29, 1.82) is 5.26 Å². The first-order chi connectivity index (χ1) is 16.4. The van der Waals surface area contributed by atoms with Gasteiger partial charge in [0, 0.05) is 43.9 Å². The molecule has 1 saturated carbocycles. The van der Waals surface area contributed by atoms with Crippen LogP contribution in [0.2, 0.25) is 0 Å². The second kappa shape index (κ2) is 7.64. The van der Waals surface area contributed by atoms with Crippen molar-refractivity contribution in [2.75, 3.05) is 30.4 Å². The summed E-state index contributed by atoms with van der Waals surface area (Å²) in [6.45, 7) is 3.49. The highest BCUT2D eigenvalue weighted by molar-refractivity contribution is 5.88. The highest BCUT2D eigenvalue weighted by Gasteiger charge is 2.46. The van der Waals surface area contributed by atoms with Gasteiger partial charge < -0.3 is 20.7 Å². The molecule has 0 radical (unpaired) electrons. The quantitative estimate of drug-likeness (QED) is 0.480. The number of rotatable bonds is 4. The molecule has 3 aromatic rings. The summed E-state index contributed by atoms with van der Waals surface area (Å²) in [5, 5.41) is 12.3. The van der Waals surface area contributed by atoms with E-state index in [1.807, 2.05) is 0 Å². The average Bonchev–Trinajstić information content (AvgIpc) is 3.35. The van der Waals surface area contributed by atoms with E-state index in [-0.39, 0.29) is 17.9 Å². The first-order valence-electron chi connectivity index (χ1n) is 11.4. The van der Waals surface area contributed by atoms with E-state index >= 15 is 0 Å². The fraction of sp³-hybridized carbons (Fsp3) is 0.360. The number of nitriles is 1. The maximum atomic E-state index is 14.5. The Morgan fingerprint density at radius 3 is 2.82 bits per heavy atom. The fourth-order valence-corrected chi connectivity index (χ4v) is 5.55. The van der Waals surface area contributed by atoms with Crippen molar-refractivity contribution in [1.82, 2.24) is 15.0 Å². The van der Waals surface area contributed by atoms with Gasteiger partial charge in [-0.15, -0.1) is 0 Å². The molecule has 0 amide bonds. The summed E-state index contributed by atoms with van der Waals surface area (Å²) in [6, 6.07) is 7.31. The van der Waals surface area contributed by atoms with Gasteiger partial charge in [-0.1, -0.05) is 0 Å². The third-order valence-corrected chi connectivity index (χ3v) is 7.33. The maximum Gasteiger partial charge on any atom is 0.324 e. The van der Waals surface area contributed by atoms with E-state index in [4.69, 9.17) is 25.7 Å². The molecule has 0 bridgehead atoms. The summed E-state index contributed by atoms with van der Waals surface area (Å²) < 4.78 is 20.5. The van der Waals surface area contributed by atoms with Crippen molar-refractivity contribution in [2.45, 2.75) is 25.8 Å². The summed E-state index contributed by atoms with van der Waals surface area (Å²) in [5.74, 6) is 1.91. The van der Waals surface area contributed by atoms with E-state index in [9.17, 15) is 4.39 Å². The summed E-state index contributed by atoms with van der Waals surface area (Å²) >= 11 is 0. The molecule has 3 heterocycles. The lowest BCUT2D eigenvalue weighted by atomic mass is 9.72. The van der Waals surface area contributed by atoms with Gasteiger partial charge in [-0.3, -0.25) is 0 Å². The molecule has 9 heteroatoms. The van der Waals surface area contributed by atoms with Crippen molar-refractivity contribution in [3.8, 4) is 29.0 Å². The van der Waals surface area contributed by atoms with E-state index in [1.165, 1.54) is 12.3 Å². The number of hydrogen-bond donors (Lipinski definition) is 2. The molecule has 3 N–H and O–H groups in total. The fourth-order valence-electron chi connectivity index (χ4n) is 5.55. The minimum atomic E-state index is -0.301. The molecule has 3 atom stereocenters. The first kappa shape index (κ1) is 20.8. The number of benzene rings is 1. The average molecular weight is 458 g/mol. The molecule has 8 nitrogen and oxygen atoms in total. The molecule has 2 aromatic heterocycles. The van der Waals surface area contributed by atoms with Crippen LogP contribution in [-0.2, 0) is 6.42 Å². The number of fused-ring (bicyclic) bond motifs is 4. The van der Waals surface area contributed by atoms with Crippen LogP contribution in [0.15, 0.2) is 24.4 Å². The molecule has 1 aliphatic heterocycles. The number of nitrogens with one attached hydrogen (secondary N) is 1. The summed E-state index contributed by atoms with van der Waals surface area (Å²) in [7, 11) is 1.79. The van der Waals surface area contributed by atoms with Gasteiger partial charge in [0.2, 0.25) is 0 Å². The standard InChI is InChI=1S/C25H24FN7O/c1-12-3-15(9-30-22(12)8-27)34-25-31-21-7-16-17(5-14(26)6-20(16)29-2)23(21)24(32-25)33-10-13-4-19(28)18(13)11-33/h3,5-6,9,13,18-19,29H,4,7,10-11,28H2,1-2H3. The van der Waals surface area contributed by atoms with E-state index in [0.717, 1.165) is 53.4 Å². The number of halogens is 1. The summed E-state index contributed by atoms with van der Waals surface area (Å²) in [5.41, 5.74) is 11.6. The first-order valence-corrected chi connectivity index (χ1v) is 11.4. The van der Waals surface area contributed by atoms with Crippen LogP contribution in [0.4, 0.5) is 15.9 Å². The zero-order valence-corrected chi connectivity index (χ0v) is 19.0. The van der Waals surface area contributed by atoms with E-state index in [2.05, 4.69) is 21.3 Å². The molecule has 0 spiro atoms. The second-order valence-corrected chi connectivity index (χ2v) is 9.34. The van der Waals surface area contributed by atoms with Gasteiger partial charge >= 0.3 is 6.01 Å². The van der Waals surface area contributed by atoms with Gasteiger partial charge in [-0.05, 0) is 60.1 Å². The molecule has 1 aromatic carbocycles. The second-order valence-electron chi connectivity index (χ2n) is 9.34. The smallest absolute Gasteiger partial charge is 0.324 e. The monoisotopic (exact) mass is 457 g/mol. The highest BCUT2D eigenvalue weighted by Crippen LogP contribution is 2.48. The van der Waals surface area contributed by atoms with E-state index in [0.29, 0.717) is 35.3 Å². The van der Waals surface area contributed by atoms with Gasteiger partial charge in [0.1, 0.15) is 29.1 Å². The lowest BCUT2D eigenvalue weighted by Gasteiger charge is -2.36. The molecular weight excluding hydrogens is 433 g/mol. The molecule has 3 unspecified atom stereocenters. The Balaban J connectivity index is 1.45. The van der Waals surface area contributed by atoms with Crippen molar-refractivity contribution < 1.29 is 9.13 Å². The predicted molar refractivity (Wildman–Crippen MR) is 125 cm³/mol. The minimum Gasteiger partial charge on any atom is -0.423 e. The topological polar surface area (TPSA) is 113 Å². The number of nitrogens with zero attached hydrogens (tertiary/aromatic N) is 5. The predicted octanol–water partition coefficient (Wildman–Crippen LogP) is 3.38. The largest absolute Gasteiger partial charge is 0.423 e. The molecule has 1 saturated heterocycles. The zero-order valence-electron chi connectivity index (χ0n) is 19.0. The van der Waals surface area contributed by atoms with Crippen molar-refractivity contribution in [2.24, 2.45) is 17.6 Å². The van der Waals surface area contributed by atoms with Crippen molar-refractivity contribution in [3.05, 3.63) is 52.7 Å². The van der Waals surface area contributed by atoms with E-state index < -0.39 is 0 Å². The number of anilines is 2. The maximum absolute atomic E-state index is 14.5. The molecular formula is C25H24FN7O. The number of aromatic nitrogens is 3. The van der Waals surface area contributed by atoms with Crippen LogP contribution in [-0.4, -0.2) is 41.1 Å². The third kappa shape index (κ3) is 3.17. The molecule has 172 valence electrons. The Morgan fingerprint density at radius 2 is 2.12 bits per heavy atom. The van der Waals surface area contributed by atoms with Crippen molar-refractivity contribution >= 4 is 11.5 Å². The van der Waals surface area contributed by atoms with E-state index in [1.54, 1.807) is 26.1 Å². The zero-order chi connectivity index (χ0) is 23.6. The molecule has 2 fully saturated rings. The SMILES string of the molecule is CNc1cc(F)cc2c1Cc1nc(Oc3cnc(C#N)c(C)c3)nc(N3CC4CC(N)C4C3)c1-2. The summed E-state index contributed by atoms with van der Waals surface area (Å²) in [6.07, 6.45) is 3.07. The summed E-state index contributed by atoms with van der Waals surface area (Å²) in [4.78, 5) is 15.9. The number of hydrogen-bond acceptors (Lipinski definition) is 8. The Morgan fingerprint density at radius 1 is 1.26 bits per heavy atom. The van der Waals surface area contributed by atoms with Crippen LogP contribution in [0.25, 0.3) is 11.1 Å². The Kier molecular flexibility index (Phi) is 4.67. The van der Waals surface area contributed by atoms with Gasteiger partial charge in [-0.2, -0.15) is 15.2 Å². The van der Waals surface area contributed by atoms with Crippen LogP contribution < -0.4 is 20.7 Å². The molecule has 2 aliphatic carbocycles. The highest BCUT2D eigenvalue weighted by atomic mass is 19.1. The lowest BCUT2D eigenvalue weighted by molar-refractivity contribution is 0.194. The van der Waals surface area contributed by atoms with Crippen molar-refractivity contribution in [3.63, 3.8) is 0 Å². The Hall–Kier alpha value is -3.77. The van der Waals surface area contributed by atoms with Crippen LogP contribution in [0, 0.1) is 35.9 Å². The number of aryl methyl sites for hydroxylation is 1. The van der Waals surface area contributed by atoms with Gasteiger partial charge in [-0.25, -0.2) is 9.37 Å². The third-order valence-electron chi connectivity index (χ3n) is 7.33. The van der Waals surface area contributed by atoms with Gasteiger partial charge in [0.25, 0.3) is 0 Å². The lowest BCUT2D eigenvalue weighted by Crippen LogP contribution is -2.46. The Bertz CT molecular complexity index is 1370. The van der Waals surface area contributed by atoms with Crippen LogP contribution in [0.3, 0.4) is 0 Å². The molecule has 6 rings (SSSR count). The molecule has 3 aliphatic rings. The molecule has 34 heavy (non-hydrogen) atoms. The number of ether oxygens (including phenoxy) is 1. The number of pyridine rings is 1. The van der Waals surface area contributed by atoms with Crippen LogP contribution in [0.5, 0.6) is 11.8 Å². The van der Waals surface area contributed by atoms with Crippen LogP contribution >= 0.6 is 0 Å². The van der Waals surface area contributed by atoms with Gasteiger partial charge in [0.05, 0.1) is 11.9 Å². The normalized spacial score (nSPS) is 21.9.